The zero-order valence-electron chi connectivity index (χ0n) is 9.28. The van der Waals surface area contributed by atoms with Gasteiger partial charge in [0, 0.05) is 0 Å². The molecule has 0 spiro atoms. The predicted octanol–water partition coefficient (Wildman–Crippen LogP) is 1.59. The third kappa shape index (κ3) is 2.47. The van der Waals surface area contributed by atoms with Gasteiger partial charge in [-0.25, -0.2) is 4.79 Å². The Morgan fingerprint density at radius 3 is 3.18 bits per heavy atom. The topological polar surface area (TPSA) is 76.7 Å². The van der Waals surface area contributed by atoms with Gasteiger partial charge >= 0.3 is 6.09 Å². The first-order valence-corrected chi connectivity index (χ1v) is 5.20. The summed E-state index contributed by atoms with van der Waals surface area (Å²) in [5, 5.41) is 5.18. The van der Waals surface area contributed by atoms with Gasteiger partial charge in [-0.15, -0.1) is 0 Å². The van der Waals surface area contributed by atoms with Gasteiger partial charge in [-0.05, 0) is 19.1 Å². The molecule has 0 fully saturated rings. The Balaban J connectivity index is 2.23. The zero-order valence-corrected chi connectivity index (χ0v) is 9.28. The van der Waals surface area contributed by atoms with Crippen LogP contribution in [-0.4, -0.2) is 25.2 Å². The molecule has 0 saturated carbocycles. The molecule has 0 unspecified atom stereocenters. The number of para-hydroxylation sites is 1. The average molecular weight is 236 g/mol. The number of fused-ring (bicyclic) bond motifs is 1. The van der Waals surface area contributed by atoms with Crippen molar-refractivity contribution in [3.63, 3.8) is 0 Å². The van der Waals surface area contributed by atoms with Gasteiger partial charge < -0.3 is 14.8 Å². The number of carbonyl (C=O) groups is 2. The highest BCUT2D eigenvalue weighted by molar-refractivity contribution is 6.01. The molecule has 0 radical (unpaired) electrons. The minimum absolute atomic E-state index is 0.0180. The molecule has 6 nitrogen and oxygen atoms in total. The molecule has 0 aliphatic carbocycles. The summed E-state index contributed by atoms with van der Waals surface area (Å²) in [6.45, 7) is 1.98. The van der Waals surface area contributed by atoms with Gasteiger partial charge in [0.15, 0.2) is 6.61 Å². The predicted molar refractivity (Wildman–Crippen MR) is 61.2 cm³/mol. The summed E-state index contributed by atoms with van der Waals surface area (Å²) < 4.78 is 9.97. The summed E-state index contributed by atoms with van der Waals surface area (Å²) in [7, 11) is 0. The first-order valence-electron chi connectivity index (χ1n) is 5.20. The van der Waals surface area contributed by atoms with Crippen LogP contribution < -0.4 is 15.4 Å². The Kier molecular flexibility index (Phi) is 3.13. The number of rotatable bonds is 2. The number of benzene rings is 1. The van der Waals surface area contributed by atoms with Gasteiger partial charge in [0.2, 0.25) is 0 Å². The fourth-order valence-electron chi connectivity index (χ4n) is 1.48. The van der Waals surface area contributed by atoms with E-state index in [4.69, 9.17) is 9.47 Å². The van der Waals surface area contributed by atoms with Gasteiger partial charge in [0.25, 0.3) is 5.91 Å². The summed E-state index contributed by atoms with van der Waals surface area (Å²) in [5.74, 6) is 0.273. The monoisotopic (exact) mass is 236 g/mol. The highest BCUT2D eigenvalue weighted by atomic mass is 16.5. The quantitative estimate of drug-likeness (QED) is 0.817. The van der Waals surface area contributed by atoms with E-state index in [2.05, 4.69) is 10.6 Å². The minimum atomic E-state index is -0.569. The Labute approximate surface area is 97.9 Å². The SMILES string of the molecule is CCOC(=O)Nc1cccc2c1NC(=O)CO2. The van der Waals surface area contributed by atoms with E-state index >= 15 is 0 Å². The van der Waals surface area contributed by atoms with Crippen LogP contribution in [0.2, 0.25) is 0 Å². The third-order valence-corrected chi connectivity index (χ3v) is 2.16. The van der Waals surface area contributed by atoms with E-state index in [0.29, 0.717) is 17.1 Å². The fourth-order valence-corrected chi connectivity index (χ4v) is 1.48. The van der Waals surface area contributed by atoms with Crippen LogP contribution >= 0.6 is 0 Å². The van der Waals surface area contributed by atoms with Crippen LogP contribution in [0.1, 0.15) is 6.92 Å². The highest BCUT2D eigenvalue weighted by Crippen LogP contribution is 2.34. The van der Waals surface area contributed by atoms with Gasteiger partial charge in [0.05, 0.1) is 12.3 Å². The molecule has 1 aliphatic rings. The molecule has 1 aliphatic heterocycles. The smallest absolute Gasteiger partial charge is 0.411 e. The minimum Gasteiger partial charge on any atom is -0.481 e. The summed E-state index contributed by atoms with van der Waals surface area (Å²) in [6.07, 6.45) is -0.569. The van der Waals surface area contributed by atoms with E-state index in [1.54, 1.807) is 25.1 Å². The van der Waals surface area contributed by atoms with Crippen molar-refractivity contribution in [1.29, 1.82) is 0 Å². The lowest BCUT2D eigenvalue weighted by Gasteiger charge is -2.20. The van der Waals surface area contributed by atoms with Gasteiger partial charge in [-0.1, -0.05) is 6.07 Å². The molecular weight excluding hydrogens is 224 g/mol. The fraction of sp³-hybridized carbons (Fsp3) is 0.273. The molecule has 2 rings (SSSR count). The first-order chi connectivity index (χ1) is 8.20. The lowest BCUT2D eigenvalue weighted by molar-refractivity contribution is -0.118. The van der Waals surface area contributed by atoms with Gasteiger partial charge in [-0.2, -0.15) is 0 Å². The standard InChI is InChI=1S/C11H12N2O4/c1-2-16-11(15)12-7-4-3-5-8-10(7)13-9(14)6-17-8/h3-5H,2,6H2,1H3,(H,12,15)(H,13,14). The number of ether oxygens (including phenoxy) is 2. The summed E-state index contributed by atoms with van der Waals surface area (Å²) in [6, 6.07) is 5.09. The Morgan fingerprint density at radius 2 is 2.41 bits per heavy atom. The molecule has 0 atom stereocenters. The lowest BCUT2D eigenvalue weighted by atomic mass is 10.2. The normalized spacial score (nSPS) is 13.1. The second-order valence-corrected chi connectivity index (χ2v) is 3.36. The Morgan fingerprint density at radius 1 is 1.59 bits per heavy atom. The van der Waals surface area contributed by atoms with Crippen LogP contribution in [0.15, 0.2) is 18.2 Å². The second-order valence-electron chi connectivity index (χ2n) is 3.36. The van der Waals surface area contributed by atoms with Crippen molar-refractivity contribution >= 4 is 23.4 Å². The van der Waals surface area contributed by atoms with E-state index in [0.717, 1.165) is 0 Å². The van der Waals surface area contributed by atoms with Crippen LogP contribution in [0.25, 0.3) is 0 Å². The Hall–Kier alpha value is -2.24. The maximum absolute atomic E-state index is 11.3. The molecule has 0 bridgehead atoms. The van der Waals surface area contributed by atoms with Crippen molar-refractivity contribution in [2.24, 2.45) is 0 Å². The van der Waals surface area contributed by atoms with E-state index in [-0.39, 0.29) is 19.1 Å². The van der Waals surface area contributed by atoms with E-state index in [1.807, 2.05) is 0 Å². The van der Waals surface area contributed by atoms with Crippen LogP contribution in [0.3, 0.4) is 0 Å². The molecular formula is C11H12N2O4. The van der Waals surface area contributed by atoms with Crippen molar-refractivity contribution in [3.05, 3.63) is 18.2 Å². The van der Waals surface area contributed by atoms with Crippen molar-refractivity contribution in [1.82, 2.24) is 0 Å². The lowest BCUT2D eigenvalue weighted by Crippen LogP contribution is -2.26. The van der Waals surface area contributed by atoms with E-state index in [9.17, 15) is 9.59 Å². The van der Waals surface area contributed by atoms with Gasteiger partial charge in [-0.3, -0.25) is 10.1 Å². The summed E-state index contributed by atoms with van der Waals surface area (Å²) in [5.41, 5.74) is 0.908. The molecule has 6 heteroatoms. The largest absolute Gasteiger partial charge is 0.481 e. The average Bonchev–Trinajstić information content (AvgIpc) is 2.30. The number of anilines is 2. The van der Waals surface area contributed by atoms with E-state index < -0.39 is 6.09 Å². The number of hydrogen-bond donors (Lipinski definition) is 2. The van der Waals surface area contributed by atoms with Crippen molar-refractivity contribution in [2.75, 3.05) is 23.8 Å². The molecule has 1 aromatic carbocycles. The van der Waals surface area contributed by atoms with Crippen LogP contribution in [-0.2, 0) is 9.53 Å². The third-order valence-electron chi connectivity index (χ3n) is 2.16. The maximum Gasteiger partial charge on any atom is 0.411 e. The number of amides is 2. The van der Waals surface area contributed by atoms with Crippen LogP contribution in [0.5, 0.6) is 5.75 Å². The maximum atomic E-state index is 11.3. The molecule has 2 amide bonds. The molecule has 0 aromatic heterocycles. The Bertz CT molecular complexity index is 459. The van der Waals surface area contributed by atoms with E-state index in [1.165, 1.54) is 0 Å². The first kappa shape index (κ1) is 11.3. The molecule has 1 heterocycles. The summed E-state index contributed by atoms with van der Waals surface area (Å²) in [4.78, 5) is 22.5. The number of hydrogen-bond acceptors (Lipinski definition) is 4. The van der Waals surface area contributed by atoms with Crippen LogP contribution in [0, 0.1) is 0 Å². The molecule has 2 N–H and O–H groups in total. The number of carbonyl (C=O) groups excluding carboxylic acids is 2. The molecule has 17 heavy (non-hydrogen) atoms. The van der Waals surface area contributed by atoms with Gasteiger partial charge in [0.1, 0.15) is 11.4 Å². The van der Waals surface area contributed by atoms with Crippen molar-refractivity contribution in [3.8, 4) is 5.75 Å². The molecule has 1 aromatic rings. The summed E-state index contributed by atoms with van der Waals surface area (Å²) >= 11 is 0. The second kappa shape index (κ2) is 4.73. The molecule has 90 valence electrons. The zero-order chi connectivity index (χ0) is 12.3. The van der Waals surface area contributed by atoms with Crippen LogP contribution in [0.4, 0.5) is 16.2 Å². The highest BCUT2D eigenvalue weighted by Gasteiger charge is 2.19. The van der Waals surface area contributed by atoms with Crippen molar-refractivity contribution in [2.45, 2.75) is 6.92 Å². The number of nitrogens with one attached hydrogen (secondary N) is 2. The van der Waals surface area contributed by atoms with Crippen molar-refractivity contribution < 1.29 is 19.1 Å². The molecule has 0 saturated heterocycles.